The van der Waals surface area contributed by atoms with Gasteiger partial charge in [0.15, 0.2) is 5.78 Å². The molecule has 206 valence electrons. The maximum absolute atomic E-state index is 14.4. The predicted molar refractivity (Wildman–Crippen MR) is 163 cm³/mol. The van der Waals surface area contributed by atoms with Crippen LogP contribution in [0.25, 0.3) is 27.5 Å². The Balaban J connectivity index is 1.50. The van der Waals surface area contributed by atoms with Gasteiger partial charge in [0.2, 0.25) is 0 Å². The molecule has 0 unspecified atom stereocenters. The standard InChI is InChI=1S/C32H33ClN4O2S/c1-32(2)17-28-24(29(38)18-32)16-25(30-34-26(20-40-30)21-8-10-23(33)11-9-21)31(39)37(28)27-7-5-4-6-22(27)19-36-14-12-35(3)13-15-36/h4-11,16,20H,12-15,17-19H2,1-3H3. The highest BCUT2D eigenvalue weighted by Gasteiger charge is 2.35. The molecular formula is C32H33ClN4O2S. The number of nitrogens with zero attached hydrogens (tertiary/aromatic N) is 4. The first-order chi connectivity index (χ1) is 19.2. The van der Waals surface area contributed by atoms with E-state index >= 15 is 0 Å². The van der Waals surface area contributed by atoms with Crippen molar-refractivity contribution in [1.29, 1.82) is 0 Å². The minimum absolute atomic E-state index is 0.0762. The van der Waals surface area contributed by atoms with Crippen molar-refractivity contribution >= 4 is 28.7 Å². The molecule has 0 spiro atoms. The van der Waals surface area contributed by atoms with Crippen LogP contribution >= 0.6 is 22.9 Å². The summed E-state index contributed by atoms with van der Waals surface area (Å²) in [6.45, 7) is 8.97. The highest BCUT2D eigenvalue weighted by atomic mass is 35.5. The number of carbonyl (C=O) groups is 1. The quantitative estimate of drug-likeness (QED) is 0.286. The number of Topliss-reactive ketones (excluding diaryl/α,β-unsaturated/α-hetero) is 1. The molecule has 8 heteroatoms. The second-order valence-corrected chi connectivity index (χ2v) is 13.0. The lowest BCUT2D eigenvalue weighted by atomic mass is 9.75. The molecule has 0 radical (unpaired) electrons. The fraction of sp³-hybridized carbons (Fsp3) is 0.344. The van der Waals surface area contributed by atoms with E-state index in [4.69, 9.17) is 16.6 Å². The third-order valence-corrected chi connectivity index (χ3v) is 9.11. The van der Waals surface area contributed by atoms with Gasteiger partial charge in [-0.1, -0.05) is 55.8 Å². The summed E-state index contributed by atoms with van der Waals surface area (Å²) in [6.07, 6.45) is 1.11. The molecule has 6 nitrogen and oxygen atoms in total. The molecular weight excluding hydrogens is 540 g/mol. The Hall–Kier alpha value is -3.10. The first-order valence-corrected chi connectivity index (χ1v) is 15.0. The lowest BCUT2D eigenvalue weighted by Crippen LogP contribution is -2.44. The van der Waals surface area contributed by atoms with Crippen molar-refractivity contribution in [1.82, 2.24) is 19.4 Å². The van der Waals surface area contributed by atoms with Crippen LogP contribution in [0.4, 0.5) is 0 Å². The summed E-state index contributed by atoms with van der Waals surface area (Å²) in [6, 6.07) is 17.4. The van der Waals surface area contributed by atoms with Gasteiger partial charge >= 0.3 is 0 Å². The zero-order chi connectivity index (χ0) is 28.0. The number of halogens is 1. The topological polar surface area (TPSA) is 58.4 Å². The lowest BCUT2D eigenvalue weighted by Gasteiger charge is -2.34. The third kappa shape index (κ3) is 5.31. The van der Waals surface area contributed by atoms with E-state index < -0.39 is 0 Å². The maximum atomic E-state index is 14.4. The van der Waals surface area contributed by atoms with Gasteiger partial charge in [-0.2, -0.15) is 0 Å². The van der Waals surface area contributed by atoms with Crippen molar-refractivity contribution in [3.63, 3.8) is 0 Å². The zero-order valence-electron chi connectivity index (χ0n) is 23.1. The Labute approximate surface area is 243 Å². The Bertz CT molecular complexity index is 1630. The van der Waals surface area contributed by atoms with Gasteiger partial charge in [0, 0.05) is 66.4 Å². The van der Waals surface area contributed by atoms with Crippen molar-refractivity contribution in [2.24, 2.45) is 5.41 Å². The number of piperazine rings is 1. The van der Waals surface area contributed by atoms with Crippen molar-refractivity contribution in [3.8, 4) is 27.5 Å². The highest BCUT2D eigenvalue weighted by molar-refractivity contribution is 7.13. The molecule has 1 aliphatic heterocycles. The number of benzene rings is 2. The molecule has 40 heavy (non-hydrogen) atoms. The summed E-state index contributed by atoms with van der Waals surface area (Å²) in [5.74, 6) is 0.0762. The largest absolute Gasteiger partial charge is 0.304 e. The lowest BCUT2D eigenvalue weighted by molar-refractivity contribution is 0.0909. The number of hydrogen-bond donors (Lipinski definition) is 0. The van der Waals surface area contributed by atoms with Gasteiger partial charge in [0.1, 0.15) is 5.01 Å². The first-order valence-electron chi connectivity index (χ1n) is 13.7. The normalized spacial score (nSPS) is 17.6. The summed E-state index contributed by atoms with van der Waals surface area (Å²) in [5, 5.41) is 3.22. The van der Waals surface area contributed by atoms with Crippen LogP contribution in [0.5, 0.6) is 0 Å². The van der Waals surface area contributed by atoms with Crippen LogP contribution in [0.2, 0.25) is 5.02 Å². The van der Waals surface area contributed by atoms with E-state index in [1.54, 1.807) is 6.07 Å². The van der Waals surface area contributed by atoms with Gasteiger partial charge in [-0.25, -0.2) is 4.98 Å². The molecule has 0 amide bonds. The summed E-state index contributed by atoms with van der Waals surface area (Å²) in [4.78, 5) is 37.5. The van der Waals surface area contributed by atoms with Crippen LogP contribution in [0.3, 0.4) is 0 Å². The first kappa shape index (κ1) is 27.1. The Morgan fingerprint density at radius 2 is 1.68 bits per heavy atom. The molecule has 6 rings (SSSR count). The summed E-state index contributed by atoms with van der Waals surface area (Å²) in [7, 11) is 2.15. The molecule has 0 saturated carbocycles. The molecule has 1 saturated heterocycles. The highest BCUT2D eigenvalue weighted by Crippen LogP contribution is 2.38. The van der Waals surface area contributed by atoms with Crippen molar-refractivity contribution < 1.29 is 4.79 Å². The molecule has 4 aromatic rings. The van der Waals surface area contributed by atoms with Crippen LogP contribution in [0.15, 0.2) is 64.8 Å². The predicted octanol–water partition coefficient (Wildman–Crippen LogP) is 6.18. The number of thiazole rings is 1. The van der Waals surface area contributed by atoms with Crippen molar-refractivity contribution in [3.05, 3.63) is 92.2 Å². The van der Waals surface area contributed by atoms with E-state index in [-0.39, 0.29) is 16.8 Å². The third-order valence-electron chi connectivity index (χ3n) is 7.99. The second kappa shape index (κ2) is 10.7. The monoisotopic (exact) mass is 572 g/mol. The molecule has 3 heterocycles. The van der Waals surface area contributed by atoms with Gasteiger partial charge in [-0.05, 0) is 48.7 Å². The second-order valence-electron chi connectivity index (χ2n) is 11.8. The minimum Gasteiger partial charge on any atom is -0.304 e. The number of carbonyl (C=O) groups excluding carboxylic acids is 1. The molecule has 2 aliphatic rings. The molecule has 0 atom stereocenters. The maximum Gasteiger partial charge on any atom is 0.265 e. The summed E-state index contributed by atoms with van der Waals surface area (Å²) >= 11 is 7.50. The van der Waals surface area contributed by atoms with Crippen LogP contribution in [0.1, 0.15) is 41.9 Å². The molecule has 2 aromatic heterocycles. The molecule has 0 N–H and O–H groups in total. The average Bonchev–Trinajstić information content (AvgIpc) is 3.40. The average molecular weight is 573 g/mol. The molecule has 0 bridgehead atoms. The van der Waals surface area contributed by atoms with Crippen LogP contribution in [-0.4, -0.2) is 58.4 Å². The molecule has 2 aromatic carbocycles. The van der Waals surface area contributed by atoms with Gasteiger partial charge in [-0.3, -0.25) is 19.1 Å². The van der Waals surface area contributed by atoms with E-state index in [1.807, 2.05) is 52.4 Å². The van der Waals surface area contributed by atoms with Crippen LogP contribution in [0, 0.1) is 5.41 Å². The molecule has 1 fully saturated rings. The van der Waals surface area contributed by atoms with Crippen molar-refractivity contribution in [2.45, 2.75) is 33.2 Å². The van der Waals surface area contributed by atoms with E-state index in [2.05, 4.69) is 36.8 Å². The van der Waals surface area contributed by atoms with Gasteiger partial charge in [0.25, 0.3) is 5.56 Å². The fourth-order valence-electron chi connectivity index (χ4n) is 5.78. The van der Waals surface area contributed by atoms with E-state index in [0.717, 1.165) is 60.9 Å². The number of likely N-dealkylation sites (N-methyl/N-ethyl adjacent to an activating group) is 1. The number of fused-ring (bicyclic) bond motifs is 1. The van der Waals surface area contributed by atoms with E-state index in [9.17, 15) is 9.59 Å². The SMILES string of the molecule is CN1CCN(Cc2ccccc2-n2c3c(cc(-c4nc(-c5ccc(Cl)cc5)cs4)c2=O)C(=O)CC(C)(C)C3)CC1. The molecule has 1 aliphatic carbocycles. The van der Waals surface area contributed by atoms with E-state index in [1.165, 1.54) is 11.3 Å². The minimum atomic E-state index is -0.227. The Kier molecular flexibility index (Phi) is 7.25. The van der Waals surface area contributed by atoms with Gasteiger partial charge < -0.3 is 4.90 Å². The zero-order valence-corrected chi connectivity index (χ0v) is 24.7. The number of ketones is 1. The number of rotatable bonds is 5. The van der Waals surface area contributed by atoms with Crippen LogP contribution < -0.4 is 5.56 Å². The number of aromatic nitrogens is 2. The Morgan fingerprint density at radius 1 is 0.950 bits per heavy atom. The van der Waals surface area contributed by atoms with Gasteiger partial charge in [-0.15, -0.1) is 11.3 Å². The smallest absolute Gasteiger partial charge is 0.265 e. The summed E-state index contributed by atoms with van der Waals surface area (Å²) in [5.41, 5.74) is 5.19. The summed E-state index contributed by atoms with van der Waals surface area (Å²) < 4.78 is 1.82. The van der Waals surface area contributed by atoms with E-state index in [0.29, 0.717) is 34.0 Å². The Morgan fingerprint density at radius 3 is 2.42 bits per heavy atom. The number of para-hydroxylation sites is 1. The number of pyridine rings is 1. The van der Waals surface area contributed by atoms with Gasteiger partial charge in [0.05, 0.1) is 16.9 Å². The fourth-order valence-corrected chi connectivity index (χ4v) is 6.74. The number of hydrogen-bond acceptors (Lipinski definition) is 6. The van der Waals surface area contributed by atoms with Crippen LogP contribution in [-0.2, 0) is 13.0 Å². The van der Waals surface area contributed by atoms with Crippen molar-refractivity contribution in [2.75, 3.05) is 33.2 Å².